The highest BCUT2D eigenvalue weighted by Crippen LogP contribution is 2.26. The third-order valence-corrected chi connectivity index (χ3v) is 2.66. The van der Waals surface area contributed by atoms with Gasteiger partial charge in [0, 0.05) is 32.7 Å². The summed E-state index contributed by atoms with van der Waals surface area (Å²) in [4.78, 5) is 12.4. The molecule has 0 spiro atoms. The fourth-order valence-corrected chi connectivity index (χ4v) is 1.94. The molecule has 0 bridgehead atoms. The van der Waals surface area contributed by atoms with E-state index in [2.05, 4.69) is 17.3 Å². The molecule has 1 atom stereocenters. The minimum Gasteiger partial charge on any atom is -0.347 e. The topological polar surface area (TPSA) is 76.2 Å². The molecule has 2 heterocycles. The van der Waals surface area contributed by atoms with Gasteiger partial charge in [0.1, 0.15) is 6.20 Å². The number of anilines is 1. The van der Waals surface area contributed by atoms with Crippen LogP contribution in [0, 0.1) is 10.1 Å². The summed E-state index contributed by atoms with van der Waals surface area (Å²) in [6, 6.07) is 0.329. The summed E-state index contributed by atoms with van der Waals surface area (Å²) in [5, 5.41) is 18.3. The van der Waals surface area contributed by atoms with Crippen molar-refractivity contribution in [1.82, 2.24) is 15.1 Å². The van der Waals surface area contributed by atoms with Crippen LogP contribution in [0.5, 0.6) is 0 Å². The largest absolute Gasteiger partial charge is 0.347 e. The Morgan fingerprint density at radius 3 is 3.06 bits per heavy atom. The van der Waals surface area contributed by atoms with Crippen LogP contribution >= 0.6 is 0 Å². The number of nitro groups is 1. The Hall–Kier alpha value is -1.63. The van der Waals surface area contributed by atoms with Crippen molar-refractivity contribution < 1.29 is 4.92 Å². The number of rotatable bonds is 2. The van der Waals surface area contributed by atoms with Gasteiger partial charge in [-0.15, -0.1) is 5.10 Å². The van der Waals surface area contributed by atoms with E-state index in [0.717, 1.165) is 19.6 Å². The maximum Gasteiger partial charge on any atom is 0.330 e. The van der Waals surface area contributed by atoms with Crippen molar-refractivity contribution in [3.63, 3.8) is 0 Å². The van der Waals surface area contributed by atoms with Gasteiger partial charge in [-0.2, -0.15) is 0 Å². The molecule has 1 aliphatic rings. The monoisotopic (exact) mass is 225 g/mol. The highest BCUT2D eigenvalue weighted by molar-refractivity contribution is 5.57. The van der Waals surface area contributed by atoms with Crippen molar-refractivity contribution in [1.29, 1.82) is 0 Å². The molecule has 1 N–H and O–H groups in total. The molecule has 88 valence electrons. The number of aromatic nitrogens is 2. The van der Waals surface area contributed by atoms with E-state index in [9.17, 15) is 10.1 Å². The number of hydrogen-bond donors (Lipinski definition) is 1. The van der Waals surface area contributed by atoms with Crippen LogP contribution in [0.1, 0.15) is 6.92 Å². The van der Waals surface area contributed by atoms with Gasteiger partial charge in [-0.3, -0.25) is 14.8 Å². The standard InChI is InChI=1S/C9H15N5O2/c1-7-5-13(4-3-10-7)9-8(14(15)16)6-12(2)11-9/h6-7,10H,3-5H2,1-2H3/t7-/m0/s1. The zero-order chi connectivity index (χ0) is 11.7. The highest BCUT2D eigenvalue weighted by Gasteiger charge is 2.26. The smallest absolute Gasteiger partial charge is 0.330 e. The lowest BCUT2D eigenvalue weighted by molar-refractivity contribution is -0.384. The molecule has 2 rings (SSSR count). The van der Waals surface area contributed by atoms with Gasteiger partial charge in [0.15, 0.2) is 0 Å². The van der Waals surface area contributed by atoms with E-state index in [1.54, 1.807) is 7.05 Å². The fraction of sp³-hybridized carbons (Fsp3) is 0.667. The molecule has 7 heteroatoms. The maximum absolute atomic E-state index is 10.9. The second-order valence-corrected chi connectivity index (χ2v) is 4.07. The molecule has 0 unspecified atom stereocenters. The molecule has 16 heavy (non-hydrogen) atoms. The van der Waals surface area contributed by atoms with Crippen LogP contribution in [0.3, 0.4) is 0 Å². The second-order valence-electron chi connectivity index (χ2n) is 4.07. The first kappa shape index (κ1) is 10.9. The lowest BCUT2D eigenvalue weighted by Gasteiger charge is -2.31. The van der Waals surface area contributed by atoms with Gasteiger partial charge in [-0.05, 0) is 6.92 Å². The van der Waals surface area contributed by atoms with Crippen LogP contribution < -0.4 is 10.2 Å². The van der Waals surface area contributed by atoms with E-state index in [0.29, 0.717) is 11.9 Å². The third-order valence-electron chi connectivity index (χ3n) is 2.66. The number of aryl methyl sites for hydroxylation is 1. The molecule has 0 radical (unpaired) electrons. The van der Waals surface area contributed by atoms with Crippen LogP contribution in [0.15, 0.2) is 6.20 Å². The summed E-state index contributed by atoms with van der Waals surface area (Å²) >= 11 is 0. The highest BCUT2D eigenvalue weighted by atomic mass is 16.6. The van der Waals surface area contributed by atoms with Crippen molar-refractivity contribution in [3.8, 4) is 0 Å². The molecule has 0 aliphatic carbocycles. The number of hydrogen-bond acceptors (Lipinski definition) is 5. The summed E-state index contributed by atoms with van der Waals surface area (Å²) in [6.45, 7) is 4.38. The molecule has 0 saturated carbocycles. The molecule has 1 fully saturated rings. The van der Waals surface area contributed by atoms with Gasteiger partial charge < -0.3 is 10.2 Å². The van der Waals surface area contributed by atoms with Crippen molar-refractivity contribution >= 4 is 11.5 Å². The first-order valence-electron chi connectivity index (χ1n) is 5.24. The predicted octanol–water partition coefficient (Wildman–Crippen LogP) is 0.126. The number of nitrogens with one attached hydrogen (secondary N) is 1. The average molecular weight is 225 g/mol. The van der Waals surface area contributed by atoms with Crippen LogP contribution in [-0.4, -0.2) is 40.4 Å². The Morgan fingerprint density at radius 2 is 2.44 bits per heavy atom. The van der Waals surface area contributed by atoms with E-state index in [1.807, 2.05) is 4.90 Å². The summed E-state index contributed by atoms with van der Waals surface area (Å²) in [6.07, 6.45) is 1.45. The minimum absolute atomic E-state index is 0.0802. The Kier molecular flexibility index (Phi) is 2.78. The van der Waals surface area contributed by atoms with Crippen molar-refractivity contribution in [2.45, 2.75) is 13.0 Å². The molecular formula is C9H15N5O2. The Labute approximate surface area is 93.2 Å². The zero-order valence-electron chi connectivity index (χ0n) is 9.38. The minimum atomic E-state index is -0.380. The number of nitrogens with zero attached hydrogens (tertiary/aromatic N) is 4. The average Bonchev–Trinajstić information content (AvgIpc) is 2.60. The molecular weight excluding hydrogens is 210 g/mol. The molecule has 0 amide bonds. The molecule has 1 saturated heterocycles. The molecule has 1 aliphatic heterocycles. The normalized spacial score (nSPS) is 21.1. The summed E-state index contributed by atoms with van der Waals surface area (Å²) in [5.74, 6) is 0.473. The second kappa shape index (κ2) is 4.09. The summed E-state index contributed by atoms with van der Waals surface area (Å²) in [7, 11) is 1.70. The molecule has 1 aromatic rings. The van der Waals surface area contributed by atoms with E-state index in [-0.39, 0.29) is 10.6 Å². The van der Waals surface area contributed by atoms with Gasteiger partial charge in [0.2, 0.25) is 5.82 Å². The van der Waals surface area contributed by atoms with E-state index >= 15 is 0 Å². The van der Waals surface area contributed by atoms with Crippen molar-refractivity contribution in [3.05, 3.63) is 16.3 Å². The maximum atomic E-state index is 10.9. The quantitative estimate of drug-likeness (QED) is 0.571. The van der Waals surface area contributed by atoms with Gasteiger partial charge in [0.05, 0.1) is 4.92 Å². The van der Waals surface area contributed by atoms with Gasteiger partial charge in [-0.25, -0.2) is 0 Å². The van der Waals surface area contributed by atoms with Crippen molar-refractivity contribution in [2.75, 3.05) is 24.5 Å². The van der Waals surface area contributed by atoms with Gasteiger partial charge in [-0.1, -0.05) is 0 Å². The SMILES string of the molecule is C[C@H]1CN(c2nn(C)cc2[N+](=O)[O-])CCN1. The molecule has 0 aromatic carbocycles. The number of piperazine rings is 1. The Balaban J connectivity index is 2.28. The van der Waals surface area contributed by atoms with Gasteiger partial charge >= 0.3 is 5.69 Å². The van der Waals surface area contributed by atoms with Crippen LogP contribution in [-0.2, 0) is 7.05 Å². The van der Waals surface area contributed by atoms with Crippen LogP contribution in [0.4, 0.5) is 11.5 Å². The zero-order valence-corrected chi connectivity index (χ0v) is 9.38. The summed E-state index contributed by atoms with van der Waals surface area (Å²) in [5.41, 5.74) is 0.0802. The fourth-order valence-electron chi connectivity index (χ4n) is 1.94. The molecule has 7 nitrogen and oxygen atoms in total. The summed E-state index contributed by atoms with van der Waals surface area (Å²) < 4.78 is 1.49. The van der Waals surface area contributed by atoms with E-state index < -0.39 is 0 Å². The molecule has 1 aromatic heterocycles. The predicted molar refractivity (Wildman–Crippen MR) is 59.5 cm³/mol. The Bertz CT molecular complexity index is 403. The van der Waals surface area contributed by atoms with Gasteiger partial charge in [0.25, 0.3) is 0 Å². The van der Waals surface area contributed by atoms with Crippen LogP contribution in [0.25, 0.3) is 0 Å². The third kappa shape index (κ3) is 1.99. The first-order chi connectivity index (χ1) is 7.58. The van der Waals surface area contributed by atoms with Crippen molar-refractivity contribution in [2.24, 2.45) is 7.05 Å². The van der Waals surface area contributed by atoms with E-state index in [1.165, 1.54) is 10.9 Å². The lowest BCUT2D eigenvalue weighted by atomic mass is 10.2. The van der Waals surface area contributed by atoms with E-state index in [4.69, 9.17) is 0 Å². The van der Waals surface area contributed by atoms with Crippen LogP contribution in [0.2, 0.25) is 0 Å². The lowest BCUT2D eigenvalue weighted by Crippen LogP contribution is -2.49. The Morgan fingerprint density at radius 1 is 1.69 bits per heavy atom. The first-order valence-corrected chi connectivity index (χ1v) is 5.24.